The second-order valence-corrected chi connectivity index (χ2v) is 6.81. The molecule has 5 aromatic heterocycles. The van der Waals surface area contributed by atoms with Gasteiger partial charge in [-0.3, -0.25) is 9.97 Å². The lowest BCUT2D eigenvalue weighted by atomic mass is 10.2. The van der Waals surface area contributed by atoms with Gasteiger partial charge in [0, 0.05) is 18.5 Å². The minimum absolute atomic E-state index is 0.438. The van der Waals surface area contributed by atoms with E-state index in [4.69, 9.17) is 4.74 Å². The van der Waals surface area contributed by atoms with Crippen molar-refractivity contribution in [3.63, 3.8) is 0 Å². The van der Waals surface area contributed by atoms with E-state index >= 15 is 0 Å². The first-order valence-corrected chi connectivity index (χ1v) is 9.32. The normalized spacial score (nSPS) is 11.2. The molecule has 0 aliphatic carbocycles. The van der Waals surface area contributed by atoms with E-state index in [0.717, 1.165) is 27.3 Å². The molecule has 1 N–H and O–H groups in total. The average molecular weight is 390 g/mol. The summed E-state index contributed by atoms with van der Waals surface area (Å²) in [6.45, 7) is 0.438. The van der Waals surface area contributed by atoms with Crippen molar-refractivity contribution in [2.75, 3.05) is 12.4 Å². The molecule has 0 aliphatic heterocycles. The van der Waals surface area contributed by atoms with Gasteiger partial charge in [-0.1, -0.05) is 0 Å². The quantitative estimate of drug-likeness (QED) is 0.489. The highest BCUT2D eigenvalue weighted by atomic mass is 32.1. The second kappa shape index (κ2) is 6.82. The Morgan fingerprint density at radius 1 is 1.14 bits per heavy atom. The summed E-state index contributed by atoms with van der Waals surface area (Å²) in [4.78, 5) is 13.9. The first-order valence-electron chi connectivity index (χ1n) is 8.44. The molecular formula is C18H14N8OS. The van der Waals surface area contributed by atoms with Gasteiger partial charge in [-0.15, -0.1) is 21.5 Å². The molecule has 0 spiro atoms. The fourth-order valence-electron chi connectivity index (χ4n) is 2.86. The van der Waals surface area contributed by atoms with E-state index in [1.54, 1.807) is 35.7 Å². The van der Waals surface area contributed by atoms with Crippen molar-refractivity contribution in [1.29, 1.82) is 0 Å². The summed E-state index contributed by atoms with van der Waals surface area (Å²) in [7, 11) is 1.61. The molecule has 0 fully saturated rings. The summed E-state index contributed by atoms with van der Waals surface area (Å²) in [6, 6.07) is 7.54. The predicted molar refractivity (Wildman–Crippen MR) is 105 cm³/mol. The van der Waals surface area contributed by atoms with Gasteiger partial charge in [0.2, 0.25) is 0 Å². The average Bonchev–Trinajstić information content (AvgIpc) is 3.41. The number of hydrogen-bond donors (Lipinski definition) is 1. The van der Waals surface area contributed by atoms with Crippen molar-refractivity contribution >= 4 is 33.7 Å². The van der Waals surface area contributed by atoms with Crippen LogP contribution >= 0.6 is 11.3 Å². The number of rotatable bonds is 5. The highest BCUT2D eigenvalue weighted by Gasteiger charge is 2.11. The van der Waals surface area contributed by atoms with Gasteiger partial charge in [-0.2, -0.15) is 9.61 Å². The zero-order valence-corrected chi connectivity index (χ0v) is 15.6. The van der Waals surface area contributed by atoms with E-state index in [2.05, 4.69) is 35.6 Å². The number of aromatic nitrogens is 7. The van der Waals surface area contributed by atoms with Crippen LogP contribution in [-0.2, 0) is 6.54 Å². The number of nitrogens with zero attached hydrogens (tertiary/aromatic N) is 7. The summed E-state index contributed by atoms with van der Waals surface area (Å²) >= 11 is 1.54. The maximum absolute atomic E-state index is 5.21. The van der Waals surface area contributed by atoms with E-state index in [0.29, 0.717) is 23.8 Å². The van der Waals surface area contributed by atoms with E-state index < -0.39 is 0 Å². The van der Waals surface area contributed by atoms with Gasteiger partial charge in [0.15, 0.2) is 11.5 Å². The van der Waals surface area contributed by atoms with Crippen molar-refractivity contribution in [3.8, 4) is 16.3 Å². The van der Waals surface area contributed by atoms with E-state index in [1.165, 1.54) is 11.3 Å². The van der Waals surface area contributed by atoms with Crippen molar-refractivity contribution in [2.24, 2.45) is 0 Å². The number of hydrogen-bond acceptors (Lipinski definition) is 9. The molecule has 0 unspecified atom stereocenters. The molecule has 0 saturated heterocycles. The van der Waals surface area contributed by atoms with Crippen molar-refractivity contribution in [3.05, 3.63) is 54.2 Å². The molecule has 0 amide bonds. The molecule has 9 nitrogen and oxygen atoms in total. The van der Waals surface area contributed by atoms with Crippen molar-refractivity contribution in [2.45, 2.75) is 6.54 Å². The van der Waals surface area contributed by atoms with Crippen molar-refractivity contribution < 1.29 is 4.74 Å². The maximum atomic E-state index is 5.21. The zero-order chi connectivity index (χ0) is 18.9. The van der Waals surface area contributed by atoms with Crippen LogP contribution in [0.5, 0.6) is 5.75 Å². The summed E-state index contributed by atoms with van der Waals surface area (Å²) in [5, 5.41) is 16.5. The lowest BCUT2D eigenvalue weighted by Crippen LogP contribution is -2.07. The number of pyridine rings is 2. The standard InChI is InChI=1S/C18H14N8OS/c1-27-11-6-14-18(22-7-11)13(4-5-20-14)21-9-17-24-23-16-3-2-12(25-26(16)17)15-8-19-10-28-15/h2-8,10H,9H2,1H3,(H,20,21). The van der Waals surface area contributed by atoms with Crippen LogP contribution in [0.2, 0.25) is 0 Å². The van der Waals surface area contributed by atoms with Crippen LogP contribution < -0.4 is 10.1 Å². The van der Waals surface area contributed by atoms with Crippen molar-refractivity contribution in [1.82, 2.24) is 34.8 Å². The maximum Gasteiger partial charge on any atom is 0.178 e. The summed E-state index contributed by atoms with van der Waals surface area (Å²) in [5.41, 5.74) is 5.66. The molecule has 0 aromatic carbocycles. The smallest absolute Gasteiger partial charge is 0.178 e. The van der Waals surface area contributed by atoms with Gasteiger partial charge in [0.25, 0.3) is 0 Å². The molecule has 28 heavy (non-hydrogen) atoms. The van der Waals surface area contributed by atoms with Crippen LogP contribution in [0, 0.1) is 0 Å². The summed E-state index contributed by atoms with van der Waals surface area (Å²) in [5.74, 6) is 1.36. The molecule has 5 heterocycles. The van der Waals surface area contributed by atoms with Gasteiger partial charge < -0.3 is 10.1 Å². The molecule has 0 saturated carbocycles. The Bertz CT molecular complexity index is 1270. The number of anilines is 1. The Balaban J connectivity index is 1.46. The third-order valence-corrected chi connectivity index (χ3v) is 5.03. The van der Waals surface area contributed by atoms with E-state index in [-0.39, 0.29) is 0 Å². The largest absolute Gasteiger partial charge is 0.495 e. The monoisotopic (exact) mass is 390 g/mol. The zero-order valence-electron chi connectivity index (χ0n) is 14.8. The third kappa shape index (κ3) is 2.89. The molecular weight excluding hydrogens is 376 g/mol. The van der Waals surface area contributed by atoms with E-state index in [1.807, 2.05) is 24.3 Å². The van der Waals surface area contributed by atoms with Gasteiger partial charge in [-0.05, 0) is 18.2 Å². The number of nitrogens with one attached hydrogen (secondary N) is 1. The minimum Gasteiger partial charge on any atom is -0.495 e. The molecule has 0 aliphatic rings. The Labute approximate surface area is 163 Å². The highest BCUT2D eigenvalue weighted by Crippen LogP contribution is 2.24. The van der Waals surface area contributed by atoms with Gasteiger partial charge >= 0.3 is 0 Å². The minimum atomic E-state index is 0.438. The first kappa shape index (κ1) is 16.5. The van der Waals surface area contributed by atoms with Gasteiger partial charge in [0.1, 0.15) is 17.0 Å². The Morgan fingerprint density at radius 3 is 2.96 bits per heavy atom. The summed E-state index contributed by atoms with van der Waals surface area (Å²) in [6.07, 6.45) is 5.20. The lowest BCUT2D eigenvalue weighted by Gasteiger charge is -2.08. The second-order valence-electron chi connectivity index (χ2n) is 5.93. The first-order chi connectivity index (χ1) is 13.8. The lowest BCUT2D eigenvalue weighted by molar-refractivity contribution is 0.413. The molecule has 5 aromatic rings. The molecule has 0 bridgehead atoms. The van der Waals surface area contributed by atoms with Gasteiger partial charge in [0.05, 0.1) is 41.4 Å². The molecule has 138 valence electrons. The molecule has 0 atom stereocenters. The topological polar surface area (TPSA) is 103 Å². The fourth-order valence-corrected chi connectivity index (χ4v) is 3.44. The third-order valence-electron chi connectivity index (χ3n) is 4.24. The Morgan fingerprint density at radius 2 is 2.11 bits per heavy atom. The number of fused-ring (bicyclic) bond motifs is 2. The summed E-state index contributed by atoms with van der Waals surface area (Å²) < 4.78 is 6.95. The highest BCUT2D eigenvalue weighted by molar-refractivity contribution is 7.13. The number of methoxy groups -OCH3 is 1. The molecule has 10 heteroatoms. The van der Waals surface area contributed by atoms with E-state index in [9.17, 15) is 0 Å². The Hall–Kier alpha value is -3.66. The van der Waals surface area contributed by atoms with Crippen LogP contribution in [0.15, 0.2) is 48.4 Å². The SMILES string of the molecule is COc1cnc2c(NCc3nnc4ccc(-c5cncs5)nn34)ccnc2c1. The number of thiazole rings is 1. The van der Waals surface area contributed by atoms with Crippen LogP contribution in [0.3, 0.4) is 0 Å². The predicted octanol–water partition coefficient (Wildman–Crippen LogP) is 2.81. The molecule has 5 rings (SSSR count). The van der Waals surface area contributed by atoms with Crippen LogP contribution in [0.4, 0.5) is 5.69 Å². The fraction of sp³-hybridized carbons (Fsp3) is 0.111. The van der Waals surface area contributed by atoms with Crippen LogP contribution in [0.1, 0.15) is 5.82 Å². The van der Waals surface area contributed by atoms with Crippen LogP contribution in [0.25, 0.3) is 27.3 Å². The van der Waals surface area contributed by atoms with Gasteiger partial charge in [-0.25, -0.2) is 4.98 Å². The molecule has 0 radical (unpaired) electrons. The van der Waals surface area contributed by atoms with Crippen LogP contribution in [-0.4, -0.2) is 41.9 Å². The Kier molecular flexibility index (Phi) is 4.02. The number of ether oxygens (including phenoxy) is 1.